The molecular weight excluding hydrogens is 288 g/mol. The summed E-state index contributed by atoms with van der Waals surface area (Å²) in [5, 5.41) is 16.8. The quantitative estimate of drug-likeness (QED) is 0.450. The largest absolute Gasteiger partial charge is 0.478 e. The Morgan fingerprint density at radius 2 is 1.45 bits per heavy atom. The Kier molecular flexibility index (Phi) is 14.7. The van der Waals surface area contributed by atoms with Crippen molar-refractivity contribution < 1.29 is 29.3 Å². The van der Waals surface area contributed by atoms with Gasteiger partial charge in [-0.1, -0.05) is 13.2 Å². The van der Waals surface area contributed by atoms with Crippen LogP contribution in [0.3, 0.4) is 0 Å². The molecule has 0 saturated heterocycles. The molecule has 0 rings (SSSR count). The topological polar surface area (TPSA) is 93.1 Å². The summed E-state index contributed by atoms with van der Waals surface area (Å²) in [5.41, 5.74) is 0.523. The zero-order valence-corrected chi connectivity index (χ0v) is 13.8. The van der Waals surface area contributed by atoms with Crippen LogP contribution >= 0.6 is 0 Å². The second kappa shape index (κ2) is 14.3. The van der Waals surface area contributed by atoms with Crippen molar-refractivity contribution in [3.8, 4) is 0 Å². The van der Waals surface area contributed by atoms with Crippen molar-refractivity contribution >= 4 is 11.9 Å². The van der Waals surface area contributed by atoms with Crippen molar-refractivity contribution in [1.29, 1.82) is 0 Å². The molecule has 0 aromatic carbocycles. The second-order valence-electron chi connectivity index (χ2n) is 4.85. The number of ether oxygens (including phenoxy) is 2. The highest BCUT2D eigenvalue weighted by Gasteiger charge is 2.05. The van der Waals surface area contributed by atoms with Crippen molar-refractivity contribution in [2.24, 2.45) is 0 Å². The van der Waals surface area contributed by atoms with Gasteiger partial charge in [-0.15, -0.1) is 0 Å². The molecule has 0 bridgehead atoms. The minimum atomic E-state index is -0.920. The lowest BCUT2D eigenvalue weighted by Crippen LogP contribution is -2.05. The monoisotopic (exact) mass is 316 g/mol. The SMILES string of the molecule is C=C(CCCC(C)OC)C(=O)O.C=C(CCCOC)C(=O)O. The molecule has 2 N–H and O–H groups in total. The third kappa shape index (κ3) is 14.7. The first-order chi connectivity index (χ1) is 10.3. The highest BCUT2D eigenvalue weighted by atomic mass is 16.5. The maximum Gasteiger partial charge on any atom is 0.330 e. The molecule has 0 fully saturated rings. The van der Waals surface area contributed by atoms with E-state index >= 15 is 0 Å². The zero-order chi connectivity index (χ0) is 17.5. The summed E-state index contributed by atoms with van der Waals surface area (Å²) >= 11 is 0. The fraction of sp³-hybridized carbons (Fsp3) is 0.625. The van der Waals surface area contributed by atoms with E-state index in [4.69, 9.17) is 19.7 Å². The number of aliphatic carboxylic acids is 2. The van der Waals surface area contributed by atoms with Crippen LogP contribution in [0.1, 0.15) is 39.0 Å². The summed E-state index contributed by atoms with van der Waals surface area (Å²) in [5.74, 6) is -1.82. The first-order valence-electron chi connectivity index (χ1n) is 7.10. The van der Waals surface area contributed by atoms with Crippen LogP contribution in [0.15, 0.2) is 24.3 Å². The van der Waals surface area contributed by atoms with Crippen LogP contribution in [0.5, 0.6) is 0 Å². The Morgan fingerprint density at radius 3 is 1.82 bits per heavy atom. The van der Waals surface area contributed by atoms with E-state index in [1.165, 1.54) is 0 Å². The summed E-state index contributed by atoms with van der Waals surface area (Å²) in [6.07, 6.45) is 3.67. The predicted octanol–water partition coefficient (Wildman–Crippen LogP) is 2.89. The van der Waals surface area contributed by atoms with Crippen LogP contribution in [-0.4, -0.2) is 49.1 Å². The molecule has 0 aliphatic heterocycles. The van der Waals surface area contributed by atoms with Gasteiger partial charge in [0.05, 0.1) is 6.10 Å². The molecule has 0 aliphatic rings. The summed E-state index contributed by atoms with van der Waals surface area (Å²) in [7, 11) is 3.24. The van der Waals surface area contributed by atoms with Gasteiger partial charge in [0.2, 0.25) is 0 Å². The van der Waals surface area contributed by atoms with Gasteiger partial charge in [-0.2, -0.15) is 0 Å². The molecule has 0 heterocycles. The molecule has 0 aliphatic carbocycles. The van der Waals surface area contributed by atoms with E-state index in [0.717, 1.165) is 19.3 Å². The summed E-state index contributed by atoms with van der Waals surface area (Å²) in [6.45, 7) is 9.36. The van der Waals surface area contributed by atoms with Gasteiger partial charge in [0, 0.05) is 32.0 Å². The van der Waals surface area contributed by atoms with Gasteiger partial charge >= 0.3 is 11.9 Å². The zero-order valence-electron chi connectivity index (χ0n) is 13.8. The highest BCUT2D eigenvalue weighted by Crippen LogP contribution is 2.08. The standard InChI is InChI=1S/C9H16O3.C7H12O3/c1-7(9(10)11)5-4-6-8(2)12-3;1-6(7(8)9)4-3-5-10-2/h8H,1,4-6H2,2-3H3,(H,10,11);1,3-5H2,2H3,(H,8,9). The van der Waals surface area contributed by atoms with E-state index in [-0.39, 0.29) is 17.3 Å². The molecule has 0 aromatic rings. The Hall–Kier alpha value is -1.66. The lowest BCUT2D eigenvalue weighted by Gasteiger charge is -2.07. The minimum absolute atomic E-state index is 0.201. The number of rotatable bonds is 11. The fourth-order valence-corrected chi connectivity index (χ4v) is 1.36. The van der Waals surface area contributed by atoms with Crippen LogP contribution in [0.4, 0.5) is 0 Å². The van der Waals surface area contributed by atoms with Crippen LogP contribution in [0.2, 0.25) is 0 Å². The lowest BCUT2D eigenvalue weighted by molar-refractivity contribution is -0.133. The van der Waals surface area contributed by atoms with Gasteiger partial charge in [-0.3, -0.25) is 0 Å². The molecule has 0 saturated carbocycles. The van der Waals surface area contributed by atoms with E-state index < -0.39 is 11.9 Å². The molecule has 0 aromatic heterocycles. The molecule has 128 valence electrons. The Morgan fingerprint density at radius 1 is 1.00 bits per heavy atom. The van der Waals surface area contributed by atoms with Crippen molar-refractivity contribution in [3.05, 3.63) is 24.3 Å². The molecule has 0 radical (unpaired) electrons. The number of carboxylic acid groups (broad SMARTS) is 2. The average molecular weight is 316 g/mol. The van der Waals surface area contributed by atoms with Crippen molar-refractivity contribution in [2.45, 2.75) is 45.1 Å². The predicted molar refractivity (Wildman–Crippen MR) is 85.0 cm³/mol. The van der Waals surface area contributed by atoms with E-state index in [2.05, 4.69) is 13.2 Å². The van der Waals surface area contributed by atoms with Crippen LogP contribution < -0.4 is 0 Å². The minimum Gasteiger partial charge on any atom is -0.478 e. The molecule has 1 atom stereocenters. The molecule has 6 nitrogen and oxygen atoms in total. The lowest BCUT2D eigenvalue weighted by atomic mass is 10.1. The second-order valence-corrected chi connectivity index (χ2v) is 4.85. The number of carbonyl (C=O) groups is 2. The normalized spacial score (nSPS) is 11.0. The van der Waals surface area contributed by atoms with E-state index in [0.29, 0.717) is 19.4 Å². The van der Waals surface area contributed by atoms with Crippen LogP contribution in [-0.2, 0) is 19.1 Å². The maximum atomic E-state index is 10.3. The summed E-state index contributed by atoms with van der Waals surface area (Å²) in [6, 6.07) is 0. The summed E-state index contributed by atoms with van der Waals surface area (Å²) in [4.78, 5) is 20.5. The third-order valence-corrected chi connectivity index (χ3v) is 2.92. The van der Waals surface area contributed by atoms with Gasteiger partial charge in [-0.25, -0.2) is 9.59 Å². The third-order valence-electron chi connectivity index (χ3n) is 2.92. The summed E-state index contributed by atoms with van der Waals surface area (Å²) < 4.78 is 9.75. The molecule has 0 spiro atoms. The Balaban J connectivity index is 0. The van der Waals surface area contributed by atoms with Crippen molar-refractivity contribution in [3.63, 3.8) is 0 Å². The first-order valence-corrected chi connectivity index (χ1v) is 7.10. The number of hydrogen-bond acceptors (Lipinski definition) is 4. The first kappa shape index (κ1) is 22.6. The Labute approximate surface area is 132 Å². The molecule has 6 heteroatoms. The van der Waals surface area contributed by atoms with E-state index in [1.807, 2.05) is 6.92 Å². The van der Waals surface area contributed by atoms with Crippen LogP contribution in [0, 0.1) is 0 Å². The fourth-order valence-electron chi connectivity index (χ4n) is 1.36. The molecule has 1 unspecified atom stereocenters. The van der Waals surface area contributed by atoms with Gasteiger partial charge < -0.3 is 19.7 Å². The smallest absolute Gasteiger partial charge is 0.330 e. The number of carboxylic acids is 2. The van der Waals surface area contributed by atoms with Crippen LogP contribution in [0.25, 0.3) is 0 Å². The number of hydrogen-bond donors (Lipinski definition) is 2. The van der Waals surface area contributed by atoms with Crippen molar-refractivity contribution in [2.75, 3.05) is 20.8 Å². The van der Waals surface area contributed by atoms with Gasteiger partial charge in [0.1, 0.15) is 0 Å². The number of methoxy groups -OCH3 is 2. The molecular formula is C16H28O6. The molecule has 0 amide bonds. The molecule has 22 heavy (non-hydrogen) atoms. The maximum absolute atomic E-state index is 10.3. The average Bonchev–Trinajstić information content (AvgIpc) is 2.47. The van der Waals surface area contributed by atoms with Gasteiger partial charge in [-0.05, 0) is 39.0 Å². The van der Waals surface area contributed by atoms with Gasteiger partial charge in [0.25, 0.3) is 0 Å². The van der Waals surface area contributed by atoms with Gasteiger partial charge in [0.15, 0.2) is 0 Å². The van der Waals surface area contributed by atoms with E-state index in [9.17, 15) is 9.59 Å². The highest BCUT2D eigenvalue weighted by molar-refractivity contribution is 5.85. The Bertz CT molecular complexity index is 362. The van der Waals surface area contributed by atoms with E-state index in [1.54, 1.807) is 14.2 Å². The van der Waals surface area contributed by atoms with Crippen molar-refractivity contribution in [1.82, 2.24) is 0 Å².